The van der Waals surface area contributed by atoms with Gasteiger partial charge in [0.25, 0.3) is 0 Å². The Bertz CT molecular complexity index is 1020. The highest BCUT2D eigenvalue weighted by Gasteiger charge is 2.21. The van der Waals surface area contributed by atoms with Crippen molar-refractivity contribution in [2.75, 3.05) is 6.54 Å². The number of imidazole rings is 1. The molecule has 7 heteroatoms. The van der Waals surface area contributed by atoms with E-state index in [-0.39, 0.29) is 12.0 Å². The highest BCUT2D eigenvalue weighted by molar-refractivity contribution is 5.52. The van der Waals surface area contributed by atoms with E-state index in [1.807, 2.05) is 25.5 Å². The molecule has 128 valence electrons. The predicted molar refractivity (Wildman–Crippen MR) is 92.2 cm³/mol. The topological polar surface area (TPSA) is 62.1 Å². The Morgan fingerprint density at radius 3 is 2.92 bits per heavy atom. The van der Waals surface area contributed by atoms with Gasteiger partial charge in [-0.05, 0) is 24.1 Å². The summed E-state index contributed by atoms with van der Waals surface area (Å²) in [7, 11) is 1.87. The van der Waals surface area contributed by atoms with Crippen LogP contribution in [0.15, 0.2) is 41.7 Å². The lowest BCUT2D eigenvalue weighted by Crippen LogP contribution is -2.38. The average Bonchev–Trinajstić information content (AvgIpc) is 3.20. The summed E-state index contributed by atoms with van der Waals surface area (Å²) < 4.78 is 15.4. The monoisotopic (exact) mass is 338 g/mol. The largest absolute Gasteiger partial charge is 0.350 e. The van der Waals surface area contributed by atoms with Crippen LogP contribution in [0.3, 0.4) is 0 Å². The third kappa shape index (κ3) is 2.93. The van der Waals surface area contributed by atoms with Gasteiger partial charge in [0.15, 0.2) is 5.49 Å². The van der Waals surface area contributed by atoms with Crippen LogP contribution in [0.5, 0.6) is 0 Å². The first kappa shape index (κ1) is 15.6. The zero-order valence-corrected chi connectivity index (χ0v) is 14.1. The SMILES string of the molecule is CCCN1C=c2[nH]c(-c3cnn(C)c3)nc2=NC1c1cccc(F)c1. The van der Waals surface area contributed by atoms with Gasteiger partial charge >= 0.3 is 0 Å². The zero-order valence-electron chi connectivity index (χ0n) is 14.1. The molecule has 0 amide bonds. The van der Waals surface area contributed by atoms with Crippen LogP contribution in [-0.4, -0.2) is 31.2 Å². The molecule has 0 saturated carbocycles. The predicted octanol–water partition coefficient (Wildman–Crippen LogP) is 1.73. The maximum absolute atomic E-state index is 13.7. The molecule has 1 aliphatic rings. The number of rotatable bonds is 4. The van der Waals surface area contributed by atoms with Crippen LogP contribution in [0.1, 0.15) is 25.1 Å². The molecule has 1 atom stereocenters. The van der Waals surface area contributed by atoms with Crippen LogP contribution < -0.4 is 10.8 Å². The third-order valence-electron chi connectivity index (χ3n) is 4.17. The minimum absolute atomic E-state index is 0.256. The molecule has 0 bridgehead atoms. The summed E-state index contributed by atoms with van der Waals surface area (Å²) in [5, 5.41) is 5.04. The summed E-state index contributed by atoms with van der Waals surface area (Å²) in [5.74, 6) is 0.475. The van der Waals surface area contributed by atoms with E-state index in [2.05, 4.69) is 26.9 Å². The highest BCUT2D eigenvalue weighted by Crippen LogP contribution is 2.24. The Hall–Kier alpha value is -2.96. The van der Waals surface area contributed by atoms with E-state index in [0.29, 0.717) is 5.49 Å². The molecule has 4 rings (SSSR count). The van der Waals surface area contributed by atoms with Gasteiger partial charge in [-0.2, -0.15) is 5.10 Å². The van der Waals surface area contributed by atoms with Crippen LogP contribution in [0.4, 0.5) is 4.39 Å². The lowest BCUT2D eigenvalue weighted by molar-refractivity contribution is 0.304. The fourth-order valence-corrected chi connectivity index (χ4v) is 3.05. The van der Waals surface area contributed by atoms with Crippen LogP contribution >= 0.6 is 0 Å². The highest BCUT2D eigenvalue weighted by atomic mass is 19.1. The first-order valence-corrected chi connectivity index (χ1v) is 8.30. The van der Waals surface area contributed by atoms with Crippen molar-refractivity contribution in [3.05, 3.63) is 58.9 Å². The van der Waals surface area contributed by atoms with Crippen LogP contribution in [0.2, 0.25) is 0 Å². The van der Waals surface area contributed by atoms with Gasteiger partial charge in [-0.3, -0.25) is 4.68 Å². The van der Waals surface area contributed by atoms with Gasteiger partial charge in [0.1, 0.15) is 23.2 Å². The number of nitrogens with one attached hydrogen (secondary N) is 1. The summed E-state index contributed by atoms with van der Waals surface area (Å²) in [6, 6.07) is 6.59. The third-order valence-corrected chi connectivity index (χ3v) is 4.17. The molecule has 1 aromatic carbocycles. The summed E-state index contributed by atoms with van der Waals surface area (Å²) in [6.07, 6.45) is 6.38. The number of fused-ring (bicyclic) bond motifs is 1. The molecule has 3 heterocycles. The van der Waals surface area contributed by atoms with Gasteiger partial charge in [-0.15, -0.1) is 0 Å². The smallest absolute Gasteiger partial charge is 0.177 e. The van der Waals surface area contributed by atoms with Gasteiger partial charge < -0.3 is 9.88 Å². The van der Waals surface area contributed by atoms with Gasteiger partial charge in [-0.1, -0.05) is 19.1 Å². The first-order chi connectivity index (χ1) is 12.1. The molecule has 0 saturated heterocycles. The van der Waals surface area contributed by atoms with E-state index in [1.165, 1.54) is 12.1 Å². The number of aromatic amines is 1. The Morgan fingerprint density at radius 2 is 2.20 bits per heavy atom. The second-order valence-electron chi connectivity index (χ2n) is 6.15. The maximum Gasteiger partial charge on any atom is 0.177 e. The molecule has 1 unspecified atom stereocenters. The van der Waals surface area contributed by atoms with E-state index in [9.17, 15) is 4.39 Å². The van der Waals surface area contributed by atoms with Crippen molar-refractivity contribution in [1.82, 2.24) is 24.6 Å². The van der Waals surface area contributed by atoms with Gasteiger partial charge in [0.05, 0.1) is 11.8 Å². The first-order valence-electron chi connectivity index (χ1n) is 8.30. The number of hydrogen-bond donors (Lipinski definition) is 1. The number of H-pyrrole nitrogens is 1. The quantitative estimate of drug-likeness (QED) is 0.788. The molecule has 6 nitrogen and oxygen atoms in total. The number of hydrogen-bond acceptors (Lipinski definition) is 4. The Balaban J connectivity index is 1.81. The zero-order chi connectivity index (χ0) is 17.4. The van der Waals surface area contributed by atoms with Crippen molar-refractivity contribution in [2.24, 2.45) is 12.0 Å². The fraction of sp³-hybridized carbons (Fsp3) is 0.278. The molecule has 1 aliphatic heterocycles. The molecule has 0 spiro atoms. The molecule has 1 N–H and O–H groups in total. The van der Waals surface area contributed by atoms with Crippen molar-refractivity contribution >= 4 is 6.20 Å². The van der Waals surface area contributed by atoms with Gasteiger partial charge in [0, 0.05) is 26.0 Å². The molecule has 0 aliphatic carbocycles. The number of aromatic nitrogens is 4. The van der Waals surface area contributed by atoms with E-state index in [1.54, 1.807) is 16.9 Å². The normalized spacial score (nSPS) is 16.3. The molecule has 0 radical (unpaired) electrons. The number of benzene rings is 1. The summed E-state index contributed by atoms with van der Waals surface area (Å²) in [4.78, 5) is 14.8. The molecular weight excluding hydrogens is 319 g/mol. The number of halogens is 1. The lowest BCUT2D eigenvalue weighted by Gasteiger charge is -2.28. The van der Waals surface area contributed by atoms with Crippen molar-refractivity contribution in [1.29, 1.82) is 0 Å². The maximum atomic E-state index is 13.7. The van der Waals surface area contributed by atoms with Crippen molar-refractivity contribution in [2.45, 2.75) is 19.5 Å². The molecule has 0 fully saturated rings. The van der Waals surface area contributed by atoms with E-state index >= 15 is 0 Å². The van der Waals surface area contributed by atoms with Crippen LogP contribution in [-0.2, 0) is 7.05 Å². The van der Waals surface area contributed by atoms with Crippen molar-refractivity contribution < 1.29 is 4.39 Å². The standard InChI is InChI=1S/C18H19FN6/c1-3-7-25-11-15-17(22-16(21-15)13-9-20-24(2)10-13)23-18(25)12-5-4-6-14(19)8-12/h4-6,8-11,18H,3,7H2,1-2H3,(H,21,22,23). The average molecular weight is 338 g/mol. The Labute approximate surface area is 144 Å². The second kappa shape index (κ2) is 6.16. The van der Waals surface area contributed by atoms with E-state index < -0.39 is 0 Å². The second-order valence-corrected chi connectivity index (χ2v) is 6.15. The van der Waals surface area contributed by atoms with Crippen molar-refractivity contribution in [3.63, 3.8) is 0 Å². The number of nitrogens with zero attached hydrogens (tertiary/aromatic N) is 5. The molecular formula is C18H19FN6. The molecule has 25 heavy (non-hydrogen) atoms. The van der Waals surface area contributed by atoms with Crippen molar-refractivity contribution in [3.8, 4) is 11.4 Å². The lowest BCUT2D eigenvalue weighted by atomic mass is 10.1. The Kier molecular flexibility index (Phi) is 3.83. The van der Waals surface area contributed by atoms with Gasteiger partial charge in [-0.25, -0.2) is 14.4 Å². The van der Waals surface area contributed by atoms with Gasteiger partial charge in [0.2, 0.25) is 0 Å². The summed E-state index contributed by atoms with van der Waals surface area (Å²) in [6.45, 7) is 2.94. The minimum Gasteiger partial charge on any atom is -0.350 e. The van der Waals surface area contributed by atoms with E-state index in [0.717, 1.165) is 35.3 Å². The fourth-order valence-electron chi connectivity index (χ4n) is 3.05. The van der Waals surface area contributed by atoms with Crippen LogP contribution in [0, 0.1) is 5.82 Å². The van der Waals surface area contributed by atoms with E-state index in [4.69, 9.17) is 4.99 Å². The summed E-state index contributed by atoms with van der Waals surface area (Å²) in [5.41, 5.74) is 2.37. The number of aryl methyl sites for hydroxylation is 1. The minimum atomic E-state index is -0.270. The summed E-state index contributed by atoms with van der Waals surface area (Å²) >= 11 is 0. The van der Waals surface area contributed by atoms with Crippen LogP contribution in [0.25, 0.3) is 17.6 Å². The molecule has 3 aromatic rings. The molecule has 2 aromatic heterocycles. The Morgan fingerprint density at radius 1 is 1.32 bits per heavy atom.